The Morgan fingerprint density at radius 1 is 0.889 bits per heavy atom. The van der Waals surface area contributed by atoms with Crippen LogP contribution in [0.15, 0.2) is 47.5 Å². The van der Waals surface area contributed by atoms with Gasteiger partial charge in [-0.05, 0) is 49.2 Å². The summed E-state index contributed by atoms with van der Waals surface area (Å²) in [5.74, 6) is -3.13. The van der Waals surface area contributed by atoms with Gasteiger partial charge in [0, 0.05) is 24.8 Å². The van der Waals surface area contributed by atoms with Crippen molar-refractivity contribution in [3.8, 4) is 0 Å². The van der Waals surface area contributed by atoms with Gasteiger partial charge in [0.05, 0.1) is 10.5 Å². The van der Waals surface area contributed by atoms with Gasteiger partial charge in [0.15, 0.2) is 0 Å². The molecule has 12 heteroatoms. The van der Waals surface area contributed by atoms with Crippen molar-refractivity contribution in [1.82, 2.24) is 19.9 Å². The van der Waals surface area contributed by atoms with Gasteiger partial charge in [-0.25, -0.2) is 13.1 Å². The van der Waals surface area contributed by atoms with Gasteiger partial charge in [0.2, 0.25) is 0 Å². The molecule has 194 valence electrons. The number of pyridine rings is 1. The standard InChI is InChI=1S/C24H30N4O7S/c1-3-5-13-28(14-6-4-2)24(33)17-7-10-19(11-8-17)36(34,35)27-22(31)18-9-12-20(25-15-18)23(32)26-16-21(29)30/h7-12,15H,3-6,13-14,16H2,1-2H3,(H,26,32)(H,27,31)(H,29,30). The topological polar surface area (TPSA) is 163 Å². The predicted octanol–water partition coefficient (Wildman–Crippen LogP) is 2.06. The molecule has 0 bridgehead atoms. The highest BCUT2D eigenvalue weighted by Gasteiger charge is 2.21. The number of amides is 3. The normalized spacial score (nSPS) is 10.9. The van der Waals surface area contributed by atoms with Crippen LogP contribution in [0.4, 0.5) is 0 Å². The molecule has 3 N–H and O–H groups in total. The summed E-state index contributed by atoms with van der Waals surface area (Å²) in [6.07, 6.45) is 4.64. The number of carbonyl (C=O) groups excluding carboxylic acids is 3. The van der Waals surface area contributed by atoms with Crippen LogP contribution in [0.1, 0.15) is 70.7 Å². The Kier molecular flexibility index (Phi) is 10.5. The highest BCUT2D eigenvalue weighted by Crippen LogP contribution is 2.14. The van der Waals surface area contributed by atoms with Crippen molar-refractivity contribution in [2.75, 3.05) is 19.6 Å². The molecular formula is C24H30N4O7S. The van der Waals surface area contributed by atoms with Gasteiger partial charge < -0.3 is 15.3 Å². The zero-order valence-electron chi connectivity index (χ0n) is 20.2. The van der Waals surface area contributed by atoms with E-state index in [-0.39, 0.29) is 22.1 Å². The molecule has 0 unspecified atom stereocenters. The van der Waals surface area contributed by atoms with Gasteiger partial charge >= 0.3 is 5.97 Å². The largest absolute Gasteiger partial charge is 0.480 e. The lowest BCUT2D eigenvalue weighted by Crippen LogP contribution is -2.33. The molecule has 3 amide bonds. The van der Waals surface area contributed by atoms with E-state index in [4.69, 9.17) is 5.11 Å². The van der Waals surface area contributed by atoms with E-state index in [0.29, 0.717) is 18.7 Å². The first-order chi connectivity index (χ1) is 17.1. The van der Waals surface area contributed by atoms with E-state index in [1.165, 1.54) is 36.4 Å². The van der Waals surface area contributed by atoms with Crippen molar-refractivity contribution in [1.29, 1.82) is 0 Å². The molecule has 0 aliphatic carbocycles. The number of carbonyl (C=O) groups is 4. The van der Waals surface area contributed by atoms with Crippen molar-refractivity contribution in [3.05, 3.63) is 59.4 Å². The number of nitrogens with zero attached hydrogens (tertiary/aromatic N) is 2. The predicted molar refractivity (Wildman–Crippen MR) is 131 cm³/mol. The van der Waals surface area contributed by atoms with Gasteiger partial charge in [-0.3, -0.25) is 24.2 Å². The molecule has 1 heterocycles. The summed E-state index contributed by atoms with van der Waals surface area (Å²) in [6, 6.07) is 7.71. The lowest BCUT2D eigenvalue weighted by Gasteiger charge is -2.22. The quantitative estimate of drug-likeness (QED) is 0.363. The van der Waals surface area contributed by atoms with Crippen molar-refractivity contribution in [2.24, 2.45) is 0 Å². The van der Waals surface area contributed by atoms with Crippen LogP contribution in [-0.4, -0.2) is 66.7 Å². The zero-order chi connectivity index (χ0) is 26.7. The molecule has 0 spiro atoms. The maximum absolute atomic E-state index is 12.9. The number of rotatable bonds is 13. The van der Waals surface area contributed by atoms with Crippen LogP contribution in [0.2, 0.25) is 0 Å². The summed E-state index contributed by atoms with van der Waals surface area (Å²) in [7, 11) is -4.24. The van der Waals surface area contributed by atoms with E-state index in [1.807, 2.05) is 18.6 Å². The molecule has 2 rings (SSSR count). The fourth-order valence-corrected chi connectivity index (χ4v) is 4.10. The van der Waals surface area contributed by atoms with E-state index in [9.17, 15) is 27.6 Å². The molecule has 0 saturated heterocycles. The third kappa shape index (κ3) is 8.15. The van der Waals surface area contributed by atoms with Crippen molar-refractivity contribution >= 4 is 33.7 Å². The second-order valence-corrected chi connectivity index (χ2v) is 9.65. The van der Waals surface area contributed by atoms with Crippen LogP contribution in [0.25, 0.3) is 0 Å². The Morgan fingerprint density at radius 2 is 1.47 bits per heavy atom. The van der Waals surface area contributed by atoms with Crippen LogP contribution in [0.5, 0.6) is 0 Å². The van der Waals surface area contributed by atoms with E-state index in [1.54, 1.807) is 4.90 Å². The summed E-state index contributed by atoms with van der Waals surface area (Å²) in [5.41, 5.74) is 0.0962. The molecule has 2 aromatic rings. The number of benzene rings is 1. The highest BCUT2D eigenvalue weighted by molar-refractivity contribution is 7.90. The Morgan fingerprint density at radius 3 is 1.97 bits per heavy atom. The van der Waals surface area contributed by atoms with Gasteiger partial charge in [0.1, 0.15) is 12.2 Å². The van der Waals surface area contributed by atoms with Crippen LogP contribution < -0.4 is 10.0 Å². The lowest BCUT2D eigenvalue weighted by molar-refractivity contribution is -0.135. The summed E-state index contributed by atoms with van der Waals surface area (Å²) in [6.45, 7) is 4.74. The summed E-state index contributed by atoms with van der Waals surface area (Å²) in [4.78, 5) is 53.0. The summed E-state index contributed by atoms with van der Waals surface area (Å²) < 4.78 is 27.3. The average molecular weight is 519 g/mol. The maximum atomic E-state index is 12.9. The van der Waals surface area contributed by atoms with Crippen LogP contribution in [-0.2, 0) is 14.8 Å². The number of carboxylic acid groups (broad SMARTS) is 1. The fraction of sp³-hybridized carbons (Fsp3) is 0.375. The number of aromatic nitrogens is 1. The SMILES string of the molecule is CCCCN(CCCC)C(=O)c1ccc(S(=O)(=O)NC(=O)c2ccc(C(=O)NCC(=O)O)nc2)cc1. The Hall–Kier alpha value is -3.80. The van der Waals surface area contributed by atoms with E-state index >= 15 is 0 Å². The molecule has 0 fully saturated rings. The van der Waals surface area contributed by atoms with Crippen molar-refractivity contribution in [2.45, 2.75) is 44.4 Å². The first-order valence-corrected chi connectivity index (χ1v) is 13.0. The van der Waals surface area contributed by atoms with Crippen LogP contribution in [0, 0.1) is 0 Å². The number of hydrogen-bond donors (Lipinski definition) is 3. The minimum absolute atomic E-state index is 0.123. The first-order valence-electron chi connectivity index (χ1n) is 11.5. The number of sulfonamides is 1. The lowest BCUT2D eigenvalue weighted by atomic mass is 10.1. The van der Waals surface area contributed by atoms with Gasteiger partial charge in [-0.1, -0.05) is 26.7 Å². The summed E-state index contributed by atoms with van der Waals surface area (Å²) >= 11 is 0. The smallest absolute Gasteiger partial charge is 0.322 e. The number of hydrogen-bond acceptors (Lipinski definition) is 7. The third-order valence-corrected chi connectivity index (χ3v) is 6.49. The van der Waals surface area contributed by atoms with Crippen LogP contribution >= 0.6 is 0 Å². The molecule has 1 aromatic carbocycles. The Bertz CT molecular complexity index is 1170. The number of aliphatic carboxylic acids is 1. The number of carboxylic acids is 1. The van der Waals surface area contributed by atoms with Crippen molar-refractivity contribution < 1.29 is 32.7 Å². The molecular weight excluding hydrogens is 488 g/mol. The highest BCUT2D eigenvalue weighted by atomic mass is 32.2. The van der Waals surface area contributed by atoms with Crippen LogP contribution in [0.3, 0.4) is 0 Å². The average Bonchev–Trinajstić information content (AvgIpc) is 2.87. The Balaban J connectivity index is 2.08. The van der Waals surface area contributed by atoms with Gasteiger partial charge in [-0.2, -0.15) is 0 Å². The Labute approximate surface area is 210 Å². The maximum Gasteiger partial charge on any atom is 0.322 e. The second-order valence-electron chi connectivity index (χ2n) is 7.97. The zero-order valence-corrected chi connectivity index (χ0v) is 21.0. The summed E-state index contributed by atoms with van der Waals surface area (Å²) in [5, 5.41) is 10.7. The fourth-order valence-electron chi connectivity index (χ4n) is 3.12. The molecule has 0 saturated carbocycles. The second kappa shape index (κ2) is 13.3. The van der Waals surface area contributed by atoms with E-state index in [0.717, 1.165) is 31.9 Å². The van der Waals surface area contributed by atoms with Gasteiger partial charge in [-0.15, -0.1) is 0 Å². The van der Waals surface area contributed by atoms with E-state index < -0.39 is 34.4 Å². The minimum atomic E-state index is -4.24. The molecule has 1 aromatic heterocycles. The molecule has 0 atom stereocenters. The van der Waals surface area contributed by atoms with Gasteiger partial charge in [0.25, 0.3) is 27.7 Å². The van der Waals surface area contributed by atoms with E-state index in [2.05, 4.69) is 10.3 Å². The third-order valence-electron chi connectivity index (χ3n) is 5.15. The number of nitrogens with one attached hydrogen (secondary N) is 2. The van der Waals surface area contributed by atoms with Crippen molar-refractivity contribution in [3.63, 3.8) is 0 Å². The number of unbranched alkanes of at least 4 members (excludes halogenated alkanes) is 2. The minimum Gasteiger partial charge on any atom is -0.480 e. The molecule has 0 aliphatic heterocycles. The molecule has 0 aliphatic rings. The molecule has 0 radical (unpaired) electrons. The monoisotopic (exact) mass is 518 g/mol. The molecule has 36 heavy (non-hydrogen) atoms. The first kappa shape index (κ1) is 28.4. The molecule has 11 nitrogen and oxygen atoms in total.